The molecule has 0 spiro atoms. The van der Waals surface area contributed by atoms with Crippen molar-refractivity contribution in [3.05, 3.63) is 68.7 Å². The van der Waals surface area contributed by atoms with Crippen molar-refractivity contribution in [3.63, 3.8) is 0 Å². The topological polar surface area (TPSA) is 26.3 Å². The van der Waals surface area contributed by atoms with Crippen LogP contribution >= 0.6 is 27.5 Å². The van der Waals surface area contributed by atoms with Gasteiger partial charge in [-0.3, -0.25) is 4.79 Å². The fraction of sp³-hybridized carbons (Fsp3) is 0.118. The quantitative estimate of drug-likeness (QED) is 0.741. The van der Waals surface area contributed by atoms with Crippen molar-refractivity contribution in [2.24, 2.45) is 0 Å². The molecule has 2 aromatic rings. The van der Waals surface area contributed by atoms with Gasteiger partial charge in [0, 0.05) is 27.0 Å². The Bertz CT molecular complexity index is 738. The average Bonchev–Trinajstić information content (AvgIpc) is 2.49. The van der Waals surface area contributed by atoms with Crippen molar-refractivity contribution in [1.82, 2.24) is 0 Å². The number of rotatable bonds is 3. The molecule has 0 saturated carbocycles. The van der Waals surface area contributed by atoms with Gasteiger partial charge in [0.25, 0.3) is 0 Å². The van der Waals surface area contributed by atoms with Gasteiger partial charge >= 0.3 is 0 Å². The van der Waals surface area contributed by atoms with Crippen molar-refractivity contribution in [2.75, 3.05) is 0 Å². The van der Waals surface area contributed by atoms with Crippen LogP contribution in [0.5, 0.6) is 5.75 Å². The summed E-state index contributed by atoms with van der Waals surface area (Å²) in [4.78, 5) is 11.9. The minimum absolute atomic E-state index is 0.127. The zero-order valence-electron chi connectivity index (χ0n) is 11.1. The molecule has 2 nitrogen and oxygen atoms in total. The summed E-state index contributed by atoms with van der Waals surface area (Å²) in [5.74, 6) is 0.811. The SMILES string of the molecule is O=C1CC=Cc2ccc(OCc3cc(Cl)ccc3Br)cc21. The third kappa shape index (κ3) is 3.20. The molecule has 0 atom stereocenters. The number of Topliss-reactive ketones (excluding diaryl/α,β-unsaturated/α-hetero) is 1. The molecule has 0 N–H and O–H groups in total. The van der Waals surface area contributed by atoms with Gasteiger partial charge in [0.15, 0.2) is 5.78 Å². The van der Waals surface area contributed by atoms with Gasteiger partial charge in [-0.25, -0.2) is 0 Å². The summed E-state index contributed by atoms with van der Waals surface area (Å²) in [6, 6.07) is 11.2. The fourth-order valence-electron chi connectivity index (χ4n) is 2.23. The second-order valence-corrected chi connectivity index (χ2v) is 6.09. The van der Waals surface area contributed by atoms with Crippen molar-refractivity contribution in [3.8, 4) is 5.75 Å². The van der Waals surface area contributed by atoms with Crippen molar-refractivity contribution in [2.45, 2.75) is 13.0 Å². The van der Waals surface area contributed by atoms with E-state index >= 15 is 0 Å². The van der Waals surface area contributed by atoms with Crippen LogP contribution in [-0.2, 0) is 6.61 Å². The number of ketones is 1. The van der Waals surface area contributed by atoms with E-state index in [-0.39, 0.29) is 5.78 Å². The highest BCUT2D eigenvalue weighted by molar-refractivity contribution is 9.10. The van der Waals surface area contributed by atoms with Gasteiger partial charge in [-0.15, -0.1) is 0 Å². The summed E-state index contributed by atoms with van der Waals surface area (Å²) >= 11 is 9.46. The first-order chi connectivity index (χ1) is 10.1. The van der Waals surface area contributed by atoms with E-state index in [1.807, 2.05) is 42.5 Å². The first-order valence-electron chi connectivity index (χ1n) is 6.54. The van der Waals surface area contributed by atoms with Gasteiger partial charge in [-0.2, -0.15) is 0 Å². The van der Waals surface area contributed by atoms with E-state index in [0.717, 1.165) is 21.2 Å². The van der Waals surface area contributed by atoms with E-state index < -0.39 is 0 Å². The summed E-state index contributed by atoms with van der Waals surface area (Å²) in [7, 11) is 0. The average molecular weight is 364 g/mol. The third-order valence-electron chi connectivity index (χ3n) is 3.33. The monoisotopic (exact) mass is 362 g/mol. The Morgan fingerprint density at radius 2 is 2.05 bits per heavy atom. The van der Waals surface area contributed by atoms with Gasteiger partial charge in [0.2, 0.25) is 0 Å². The smallest absolute Gasteiger partial charge is 0.167 e. The fourth-order valence-corrected chi connectivity index (χ4v) is 2.79. The number of carbonyl (C=O) groups excluding carboxylic acids is 1. The van der Waals surface area contributed by atoms with Gasteiger partial charge in [-0.1, -0.05) is 45.7 Å². The third-order valence-corrected chi connectivity index (χ3v) is 4.34. The Balaban J connectivity index is 1.80. The second-order valence-electron chi connectivity index (χ2n) is 4.80. The number of allylic oxidation sites excluding steroid dienone is 1. The van der Waals surface area contributed by atoms with E-state index in [1.54, 1.807) is 6.07 Å². The molecule has 4 heteroatoms. The van der Waals surface area contributed by atoms with Crippen LogP contribution in [0.1, 0.15) is 27.9 Å². The predicted octanol–water partition coefficient (Wildman–Crippen LogP) is 5.28. The number of carbonyl (C=O) groups is 1. The van der Waals surface area contributed by atoms with Gasteiger partial charge in [-0.05, 0) is 35.9 Å². The zero-order valence-corrected chi connectivity index (χ0v) is 13.4. The van der Waals surface area contributed by atoms with Gasteiger partial charge in [0.1, 0.15) is 12.4 Å². The standard InChI is InChI=1S/C17H12BrClO2/c18-16-7-5-13(19)8-12(16)10-21-14-6-4-11-2-1-3-17(20)15(11)9-14/h1-2,4-9H,3,10H2. The molecule has 0 unspecified atom stereocenters. The van der Waals surface area contributed by atoms with E-state index in [9.17, 15) is 4.79 Å². The highest BCUT2D eigenvalue weighted by Crippen LogP contribution is 2.26. The summed E-state index contributed by atoms with van der Waals surface area (Å²) < 4.78 is 6.73. The summed E-state index contributed by atoms with van der Waals surface area (Å²) in [6.45, 7) is 0.393. The molecule has 0 fully saturated rings. The molecule has 21 heavy (non-hydrogen) atoms. The van der Waals surface area contributed by atoms with Crippen LogP contribution in [0.4, 0.5) is 0 Å². The van der Waals surface area contributed by atoms with Crippen molar-refractivity contribution in [1.29, 1.82) is 0 Å². The van der Waals surface area contributed by atoms with Crippen LogP contribution in [-0.4, -0.2) is 5.78 Å². The molecular weight excluding hydrogens is 352 g/mol. The molecular formula is C17H12BrClO2. The molecule has 106 valence electrons. The van der Waals surface area contributed by atoms with E-state index in [0.29, 0.717) is 23.8 Å². The maximum Gasteiger partial charge on any atom is 0.167 e. The lowest BCUT2D eigenvalue weighted by atomic mass is 9.96. The molecule has 0 bridgehead atoms. The highest BCUT2D eigenvalue weighted by Gasteiger charge is 2.14. The van der Waals surface area contributed by atoms with E-state index in [4.69, 9.17) is 16.3 Å². The molecule has 3 rings (SSSR count). The Morgan fingerprint density at radius 3 is 2.90 bits per heavy atom. The second kappa shape index (κ2) is 6.04. The minimum atomic E-state index is 0.127. The molecule has 0 aromatic heterocycles. The molecule has 0 aliphatic heterocycles. The maximum atomic E-state index is 11.9. The Labute approximate surface area is 136 Å². The first-order valence-corrected chi connectivity index (χ1v) is 7.71. The van der Waals surface area contributed by atoms with E-state index in [1.165, 1.54) is 0 Å². The summed E-state index contributed by atoms with van der Waals surface area (Å²) in [5, 5.41) is 0.669. The number of hydrogen-bond donors (Lipinski definition) is 0. The molecule has 0 amide bonds. The normalized spacial score (nSPS) is 13.1. The molecule has 1 aliphatic carbocycles. The number of benzene rings is 2. The largest absolute Gasteiger partial charge is 0.489 e. The van der Waals surface area contributed by atoms with Crippen LogP contribution in [0.25, 0.3) is 6.08 Å². The number of halogens is 2. The predicted molar refractivity (Wildman–Crippen MR) is 87.9 cm³/mol. The van der Waals surface area contributed by atoms with Crippen LogP contribution < -0.4 is 4.74 Å². The Morgan fingerprint density at radius 1 is 1.19 bits per heavy atom. The van der Waals surface area contributed by atoms with Crippen LogP contribution in [0.15, 0.2) is 46.9 Å². The summed E-state index contributed by atoms with van der Waals surface area (Å²) in [6.07, 6.45) is 4.30. The molecule has 0 saturated heterocycles. The lowest BCUT2D eigenvalue weighted by molar-refractivity contribution is 0.0994. The summed E-state index contributed by atoms with van der Waals surface area (Å²) in [5.41, 5.74) is 2.63. The van der Waals surface area contributed by atoms with E-state index in [2.05, 4.69) is 15.9 Å². The highest BCUT2D eigenvalue weighted by atomic mass is 79.9. The molecule has 1 aliphatic rings. The molecule has 2 aromatic carbocycles. The van der Waals surface area contributed by atoms with Crippen LogP contribution in [0.2, 0.25) is 5.02 Å². The zero-order chi connectivity index (χ0) is 14.8. The maximum absolute atomic E-state index is 11.9. The lowest BCUT2D eigenvalue weighted by Gasteiger charge is -2.13. The number of fused-ring (bicyclic) bond motifs is 1. The number of ether oxygens (including phenoxy) is 1. The van der Waals surface area contributed by atoms with Crippen LogP contribution in [0, 0.1) is 0 Å². The number of hydrogen-bond acceptors (Lipinski definition) is 2. The van der Waals surface area contributed by atoms with Crippen molar-refractivity contribution < 1.29 is 9.53 Å². The minimum Gasteiger partial charge on any atom is -0.489 e. The Kier molecular flexibility index (Phi) is 4.13. The van der Waals surface area contributed by atoms with Crippen LogP contribution in [0.3, 0.4) is 0 Å². The Hall–Kier alpha value is -1.58. The van der Waals surface area contributed by atoms with Crippen molar-refractivity contribution >= 4 is 39.4 Å². The molecule has 0 heterocycles. The first kappa shape index (κ1) is 14.4. The lowest BCUT2D eigenvalue weighted by Crippen LogP contribution is -2.05. The molecule has 0 radical (unpaired) electrons. The van der Waals surface area contributed by atoms with Gasteiger partial charge < -0.3 is 4.74 Å². The van der Waals surface area contributed by atoms with Gasteiger partial charge in [0.05, 0.1) is 0 Å².